The summed E-state index contributed by atoms with van der Waals surface area (Å²) < 4.78 is 0. The lowest BCUT2D eigenvalue weighted by Gasteiger charge is -2.26. The van der Waals surface area contributed by atoms with E-state index in [2.05, 4.69) is 53.0 Å². The Morgan fingerprint density at radius 3 is 2.48 bits per heavy atom. The van der Waals surface area contributed by atoms with Crippen LogP contribution in [0.5, 0.6) is 0 Å². The number of likely N-dealkylation sites (tertiary alicyclic amines) is 1. The van der Waals surface area contributed by atoms with E-state index in [1.54, 1.807) is 0 Å². The highest BCUT2D eigenvalue weighted by Gasteiger charge is 2.10. The van der Waals surface area contributed by atoms with Gasteiger partial charge in [0.15, 0.2) is 5.96 Å². The summed E-state index contributed by atoms with van der Waals surface area (Å²) in [6.07, 6.45) is 7.41. The summed E-state index contributed by atoms with van der Waals surface area (Å²) >= 11 is 1.89. The van der Waals surface area contributed by atoms with Gasteiger partial charge in [-0.2, -0.15) is 11.8 Å². The molecule has 0 radical (unpaired) electrons. The first-order valence-electron chi connectivity index (χ1n) is 9.63. The molecule has 1 saturated heterocycles. The number of piperidine rings is 1. The van der Waals surface area contributed by atoms with E-state index in [1.165, 1.54) is 49.2 Å². The molecule has 0 spiro atoms. The molecule has 25 heavy (non-hydrogen) atoms. The SMILES string of the molecule is CCNC(=NCc1ccc(CN2CCCCC2)cc1)NCCCSC. The van der Waals surface area contributed by atoms with Gasteiger partial charge in [-0.1, -0.05) is 30.7 Å². The van der Waals surface area contributed by atoms with Crippen LogP contribution in [0.25, 0.3) is 0 Å². The predicted molar refractivity (Wildman–Crippen MR) is 111 cm³/mol. The second kappa shape index (κ2) is 12.2. The molecule has 0 aliphatic carbocycles. The van der Waals surface area contributed by atoms with Gasteiger partial charge in [-0.3, -0.25) is 4.90 Å². The van der Waals surface area contributed by atoms with Gasteiger partial charge >= 0.3 is 0 Å². The van der Waals surface area contributed by atoms with Crippen LogP contribution in [0.4, 0.5) is 0 Å². The molecule has 0 bridgehead atoms. The van der Waals surface area contributed by atoms with Crippen LogP contribution in [0.3, 0.4) is 0 Å². The Morgan fingerprint density at radius 1 is 1.08 bits per heavy atom. The second-order valence-corrected chi connectivity index (χ2v) is 7.61. The maximum atomic E-state index is 4.70. The predicted octanol–water partition coefficient (Wildman–Crippen LogP) is 3.48. The van der Waals surface area contributed by atoms with Crippen LogP contribution in [-0.4, -0.2) is 49.0 Å². The Bertz CT molecular complexity index is 495. The molecule has 1 aliphatic heterocycles. The summed E-state index contributed by atoms with van der Waals surface area (Å²) in [4.78, 5) is 7.27. The average molecular weight is 363 g/mol. The minimum atomic E-state index is 0.724. The van der Waals surface area contributed by atoms with Crippen molar-refractivity contribution < 1.29 is 0 Å². The van der Waals surface area contributed by atoms with E-state index in [1.807, 2.05) is 11.8 Å². The van der Waals surface area contributed by atoms with Crippen molar-refractivity contribution in [2.24, 2.45) is 4.99 Å². The van der Waals surface area contributed by atoms with Gasteiger partial charge in [-0.25, -0.2) is 4.99 Å². The van der Waals surface area contributed by atoms with Crippen LogP contribution < -0.4 is 10.6 Å². The highest BCUT2D eigenvalue weighted by atomic mass is 32.2. The van der Waals surface area contributed by atoms with Crippen molar-refractivity contribution in [2.45, 2.75) is 45.7 Å². The smallest absolute Gasteiger partial charge is 0.191 e. The number of benzene rings is 1. The lowest BCUT2D eigenvalue weighted by molar-refractivity contribution is 0.221. The van der Waals surface area contributed by atoms with Crippen molar-refractivity contribution in [1.29, 1.82) is 0 Å². The number of hydrogen-bond donors (Lipinski definition) is 2. The molecule has 1 aromatic rings. The van der Waals surface area contributed by atoms with Gasteiger partial charge in [0, 0.05) is 19.6 Å². The lowest BCUT2D eigenvalue weighted by atomic mass is 10.1. The molecule has 2 N–H and O–H groups in total. The molecule has 0 unspecified atom stereocenters. The molecule has 0 saturated carbocycles. The number of aliphatic imine (C=N–C) groups is 1. The Kier molecular flexibility index (Phi) is 9.82. The lowest BCUT2D eigenvalue weighted by Crippen LogP contribution is -2.37. The molecule has 0 atom stereocenters. The monoisotopic (exact) mass is 362 g/mol. The fourth-order valence-electron chi connectivity index (χ4n) is 3.06. The average Bonchev–Trinajstić information content (AvgIpc) is 2.65. The second-order valence-electron chi connectivity index (χ2n) is 6.62. The quantitative estimate of drug-likeness (QED) is 0.401. The summed E-state index contributed by atoms with van der Waals surface area (Å²) in [6.45, 7) is 8.28. The normalized spacial score (nSPS) is 16.0. The van der Waals surface area contributed by atoms with Gasteiger partial charge in [0.25, 0.3) is 0 Å². The van der Waals surface area contributed by atoms with Gasteiger partial charge in [0.1, 0.15) is 0 Å². The van der Waals surface area contributed by atoms with Gasteiger partial charge in [-0.15, -0.1) is 0 Å². The first-order valence-corrected chi connectivity index (χ1v) is 11.0. The number of thioether (sulfide) groups is 1. The summed E-state index contributed by atoms with van der Waals surface area (Å²) in [5, 5.41) is 6.73. The minimum absolute atomic E-state index is 0.724. The minimum Gasteiger partial charge on any atom is -0.357 e. The summed E-state index contributed by atoms with van der Waals surface area (Å²) in [7, 11) is 0. The molecule has 2 rings (SSSR count). The Labute approximate surface area is 157 Å². The highest BCUT2D eigenvalue weighted by Crippen LogP contribution is 2.14. The van der Waals surface area contributed by atoms with Gasteiger partial charge in [0.05, 0.1) is 6.54 Å². The molecular formula is C20H34N4S. The Balaban J connectivity index is 1.80. The standard InChI is InChI=1S/C20H34N4S/c1-3-21-20(22-12-7-15-25-2)23-16-18-8-10-19(11-9-18)17-24-13-5-4-6-14-24/h8-11H,3-7,12-17H2,1-2H3,(H2,21,22,23). The van der Waals surface area contributed by atoms with Crippen LogP contribution in [0.2, 0.25) is 0 Å². The van der Waals surface area contributed by atoms with Crippen molar-refractivity contribution in [3.8, 4) is 0 Å². The van der Waals surface area contributed by atoms with Crippen LogP contribution in [0.1, 0.15) is 43.7 Å². The van der Waals surface area contributed by atoms with Crippen LogP contribution in [0, 0.1) is 0 Å². The Morgan fingerprint density at radius 2 is 1.80 bits per heavy atom. The maximum absolute atomic E-state index is 4.70. The molecule has 0 aromatic heterocycles. The van der Waals surface area contributed by atoms with E-state index in [-0.39, 0.29) is 0 Å². The van der Waals surface area contributed by atoms with Crippen molar-refractivity contribution in [3.05, 3.63) is 35.4 Å². The van der Waals surface area contributed by atoms with E-state index in [0.717, 1.165) is 38.6 Å². The molecule has 1 aliphatic rings. The van der Waals surface area contributed by atoms with Gasteiger partial charge < -0.3 is 10.6 Å². The Hall–Kier alpha value is -1.20. The van der Waals surface area contributed by atoms with Crippen LogP contribution >= 0.6 is 11.8 Å². The topological polar surface area (TPSA) is 39.7 Å². The van der Waals surface area contributed by atoms with E-state index in [0.29, 0.717) is 0 Å². The zero-order valence-corrected chi connectivity index (χ0v) is 16.7. The molecule has 0 amide bonds. The third-order valence-electron chi connectivity index (χ3n) is 4.46. The first kappa shape index (κ1) is 20.1. The molecule has 1 aromatic carbocycles. The number of guanidine groups is 1. The molecular weight excluding hydrogens is 328 g/mol. The molecule has 5 heteroatoms. The zero-order valence-electron chi connectivity index (χ0n) is 15.9. The van der Waals surface area contributed by atoms with Crippen LogP contribution in [-0.2, 0) is 13.1 Å². The third kappa shape index (κ3) is 8.15. The van der Waals surface area contributed by atoms with E-state index in [4.69, 9.17) is 4.99 Å². The number of nitrogens with one attached hydrogen (secondary N) is 2. The van der Waals surface area contributed by atoms with Crippen molar-refractivity contribution in [1.82, 2.24) is 15.5 Å². The first-order chi connectivity index (χ1) is 12.3. The molecule has 140 valence electrons. The van der Waals surface area contributed by atoms with Crippen molar-refractivity contribution >= 4 is 17.7 Å². The molecule has 1 fully saturated rings. The maximum Gasteiger partial charge on any atom is 0.191 e. The van der Waals surface area contributed by atoms with E-state index >= 15 is 0 Å². The largest absolute Gasteiger partial charge is 0.357 e. The molecule has 1 heterocycles. The number of nitrogens with zero attached hydrogens (tertiary/aromatic N) is 2. The molecule has 4 nitrogen and oxygen atoms in total. The fourth-order valence-corrected chi connectivity index (χ4v) is 3.49. The van der Waals surface area contributed by atoms with Gasteiger partial charge in [0.2, 0.25) is 0 Å². The van der Waals surface area contributed by atoms with Crippen LogP contribution in [0.15, 0.2) is 29.3 Å². The highest BCUT2D eigenvalue weighted by molar-refractivity contribution is 7.98. The fraction of sp³-hybridized carbons (Fsp3) is 0.650. The third-order valence-corrected chi connectivity index (χ3v) is 5.16. The van der Waals surface area contributed by atoms with E-state index in [9.17, 15) is 0 Å². The summed E-state index contributed by atoms with van der Waals surface area (Å²) in [5.41, 5.74) is 2.68. The van der Waals surface area contributed by atoms with Crippen molar-refractivity contribution in [3.63, 3.8) is 0 Å². The number of hydrogen-bond acceptors (Lipinski definition) is 3. The van der Waals surface area contributed by atoms with E-state index < -0.39 is 0 Å². The summed E-state index contributed by atoms with van der Waals surface area (Å²) in [6, 6.07) is 8.97. The zero-order chi connectivity index (χ0) is 17.7. The van der Waals surface area contributed by atoms with Gasteiger partial charge in [-0.05, 0) is 62.4 Å². The number of rotatable bonds is 9. The summed E-state index contributed by atoms with van der Waals surface area (Å²) in [5.74, 6) is 2.10. The van der Waals surface area contributed by atoms with Crippen molar-refractivity contribution in [2.75, 3.05) is 38.2 Å².